The van der Waals surface area contributed by atoms with Crippen molar-refractivity contribution in [1.82, 2.24) is 14.9 Å². The van der Waals surface area contributed by atoms with Crippen molar-refractivity contribution in [2.75, 3.05) is 27.3 Å². The van der Waals surface area contributed by atoms with Crippen molar-refractivity contribution in [2.24, 2.45) is 0 Å². The highest BCUT2D eigenvalue weighted by Crippen LogP contribution is 2.39. The van der Waals surface area contributed by atoms with Gasteiger partial charge >= 0.3 is 0 Å². The van der Waals surface area contributed by atoms with Crippen LogP contribution in [-0.4, -0.2) is 53.2 Å². The standard InChI is InChI=1S/C23H23ClFN3O4/c1-31-19-11-16-18(12-20(19)32-2)26-13-27-21(16)23(30)6-3-8-28(9-7-23)22(29)15-5-4-14(24)10-17(15)25/h4-5,10-13,30H,3,6-9H2,1-2H3. The molecule has 1 fully saturated rings. The summed E-state index contributed by atoms with van der Waals surface area (Å²) in [6.45, 7) is 0.638. The van der Waals surface area contributed by atoms with Crippen molar-refractivity contribution in [2.45, 2.75) is 24.9 Å². The van der Waals surface area contributed by atoms with Crippen LogP contribution in [0.15, 0.2) is 36.7 Å². The second-order valence-corrected chi connectivity index (χ2v) is 8.18. The van der Waals surface area contributed by atoms with Crippen molar-refractivity contribution in [3.8, 4) is 11.5 Å². The van der Waals surface area contributed by atoms with Gasteiger partial charge in [-0.25, -0.2) is 14.4 Å². The van der Waals surface area contributed by atoms with E-state index in [9.17, 15) is 14.3 Å². The van der Waals surface area contributed by atoms with E-state index in [1.54, 1.807) is 24.1 Å². The van der Waals surface area contributed by atoms with Crippen molar-refractivity contribution in [1.29, 1.82) is 0 Å². The highest BCUT2D eigenvalue weighted by Gasteiger charge is 2.36. The van der Waals surface area contributed by atoms with E-state index >= 15 is 0 Å². The summed E-state index contributed by atoms with van der Waals surface area (Å²) in [6, 6.07) is 7.48. The van der Waals surface area contributed by atoms with E-state index < -0.39 is 17.3 Å². The van der Waals surface area contributed by atoms with Crippen LogP contribution in [0, 0.1) is 5.82 Å². The fourth-order valence-electron chi connectivity index (χ4n) is 4.15. The zero-order valence-corrected chi connectivity index (χ0v) is 18.5. The number of carbonyl (C=O) groups is 1. The van der Waals surface area contributed by atoms with E-state index in [0.29, 0.717) is 47.5 Å². The number of aromatic nitrogens is 2. The molecule has 0 saturated carbocycles. The molecule has 4 rings (SSSR count). The summed E-state index contributed by atoms with van der Waals surface area (Å²) in [7, 11) is 3.08. The van der Waals surface area contributed by atoms with Crippen LogP contribution >= 0.6 is 11.6 Å². The molecule has 1 saturated heterocycles. The second-order valence-electron chi connectivity index (χ2n) is 7.75. The number of ether oxygens (including phenoxy) is 2. The molecule has 0 spiro atoms. The Bertz CT molecular complexity index is 1180. The Kier molecular flexibility index (Phi) is 6.17. The Morgan fingerprint density at radius 3 is 2.59 bits per heavy atom. The van der Waals surface area contributed by atoms with Crippen molar-refractivity contribution < 1.29 is 23.8 Å². The quantitative estimate of drug-likeness (QED) is 0.635. The Labute approximate surface area is 189 Å². The van der Waals surface area contributed by atoms with Gasteiger partial charge in [-0.2, -0.15) is 0 Å². The fourth-order valence-corrected chi connectivity index (χ4v) is 4.30. The van der Waals surface area contributed by atoms with Gasteiger partial charge in [0.1, 0.15) is 17.7 Å². The molecular weight excluding hydrogens is 437 g/mol. The summed E-state index contributed by atoms with van der Waals surface area (Å²) in [6.07, 6.45) is 2.56. The van der Waals surface area contributed by atoms with E-state index in [2.05, 4.69) is 9.97 Å². The minimum absolute atomic E-state index is 0.0378. The zero-order valence-electron chi connectivity index (χ0n) is 17.8. The molecule has 0 bridgehead atoms. The number of methoxy groups -OCH3 is 2. The smallest absolute Gasteiger partial charge is 0.256 e. The Morgan fingerprint density at radius 1 is 1.12 bits per heavy atom. The van der Waals surface area contributed by atoms with Gasteiger partial charge in [-0.15, -0.1) is 0 Å². The average Bonchev–Trinajstić information content (AvgIpc) is 2.99. The number of hydrogen-bond acceptors (Lipinski definition) is 6. The largest absolute Gasteiger partial charge is 0.493 e. The van der Waals surface area contributed by atoms with Gasteiger partial charge in [0.2, 0.25) is 0 Å². The van der Waals surface area contributed by atoms with E-state index in [-0.39, 0.29) is 23.6 Å². The lowest BCUT2D eigenvalue weighted by Crippen LogP contribution is -2.34. The molecule has 1 atom stereocenters. The summed E-state index contributed by atoms with van der Waals surface area (Å²) in [5, 5.41) is 12.5. The van der Waals surface area contributed by atoms with Crippen LogP contribution in [0.5, 0.6) is 11.5 Å². The number of carbonyl (C=O) groups excluding carboxylic acids is 1. The maximum atomic E-state index is 14.3. The van der Waals surface area contributed by atoms with E-state index in [4.69, 9.17) is 21.1 Å². The first-order valence-electron chi connectivity index (χ1n) is 10.2. The first-order chi connectivity index (χ1) is 15.4. The number of likely N-dealkylation sites (tertiary alicyclic amines) is 1. The van der Waals surface area contributed by atoms with Gasteiger partial charge in [0.25, 0.3) is 5.91 Å². The molecule has 2 aromatic carbocycles. The molecule has 1 unspecified atom stereocenters. The number of hydrogen-bond donors (Lipinski definition) is 1. The number of halogens is 2. The van der Waals surface area contributed by atoms with Crippen LogP contribution in [0.1, 0.15) is 35.3 Å². The molecule has 2 heterocycles. The van der Waals surface area contributed by atoms with E-state index in [0.717, 1.165) is 6.07 Å². The molecule has 9 heteroatoms. The highest BCUT2D eigenvalue weighted by atomic mass is 35.5. The number of amides is 1. The molecule has 1 aliphatic rings. The van der Waals surface area contributed by atoms with Crippen LogP contribution in [0.2, 0.25) is 5.02 Å². The lowest BCUT2D eigenvalue weighted by molar-refractivity contribution is 0.0185. The molecule has 32 heavy (non-hydrogen) atoms. The second kappa shape index (κ2) is 8.88. The Morgan fingerprint density at radius 2 is 1.88 bits per heavy atom. The Hall–Kier alpha value is -2.97. The minimum Gasteiger partial charge on any atom is -0.493 e. The summed E-state index contributed by atoms with van der Waals surface area (Å²) < 4.78 is 25.0. The van der Waals surface area contributed by atoms with Crippen molar-refractivity contribution in [3.05, 3.63) is 58.8 Å². The maximum Gasteiger partial charge on any atom is 0.256 e. The molecule has 168 valence electrons. The van der Waals surface area contributed by atoms with Crippen LogP contribution in [0.3, 0.4) is 0 Å². The monoisotopic (exact) mass is 459 g/mol. The van der Waals surface area contributed by atoms with Gasteiger partial charge in [0.05, 0.1) is 31.0 Å². The summed E-state index contributed by atoms with van der Waals surface area (Å²) >= 11 is 5.80. The van der Waals surface area contributed by atoms with Crippen LogP contribution in [0.25, 0.3) is 10.9 Å². The molecule has 0 aliphatic carbocycles. The first kappa shape index (κ1) is 22.2. The summed E-state index contributed by atoms with van der Waals surface area (Å²) in [5.74, 6) is -0.0604. The molecule has 1 amide bonds. The number of benzene rings is 2. The van der Waals surface area contributed by atoms with Gasteiger partial charge < -0.3 is 19.5 Å². The molecular formula is C23H23ClFN3O4. The van der Waals surface area contributed by atoms with Crippen molar-refractivity contribution >= 4 is 28.4 Å². The summed E-state index contributed by atoms with van der Waals surface area (Å²) in [5.41, 5.74) is -0.241. The molecule has 3 aromatic rings. The van der Waals surface area contributed by atoms with E-state index in [1.165, 1.54) is 25.6 Å². The van der Waals surface area contributed by atoms with Gasteiger partial charge in [-0.3, -0.25) is 4.79 Å². The molecule has 1 aromatic heterocycles. The number of rotatable bonds is 4. The Balaban J connectivity index is 1.64. The first-order valence-corrected chi connectivity index (χ1v) is 10.6. The SMILES string of the molecule is COc1cc2ncnc(C3(O)CCCN(C(=O)c4ccc(Cl)cc4F)CC3)c2cc1OC. The number of fused-ring (bicyclic) bond motifs is 1. The van der Waals surface area contributed by atoms with Gasteiger partial charge in [-0.1, -0.05) is 11.6 Å². The summed E-state index contributed by atoms with van der Waals surface area (Å²) in [4.78, 5) is 23.1. The normalized spacial score (nSPS) is 19.0. The van der Waals surface area contributed by atoms with Gasteiger partial charge in [0, 0.05) is 29.6 Å². The van der Waals surface area contributed by atoms with Gasteiger partial charge in [-0.05, 0) is 43.5 Å². The van der Waals surface area contributed by atoms with Crippen molar-refractivity contribution in [3.63, 3.8) is 0 Å². The third-order valence-electron chi connectivity index (χ3n) is 5.84. The fraction of sp³-hybridized carbons (Fsp3) is 0.348. The molecule has 7 nitrogen and oxygen atoms in total. The van der Waals surface area contributed by atoms with Crippen LogP contribution in [-0.2, 0) is 5.60 Å². The topological polar surface area (TPSA) is 84.8 Å². The van der Waals surface area contributed by atoms with Gasteiger partial charge in [0.15, 0.2) is 11.5 Å². The van der Waals surface area contributed by atoms with Crippen LogP contribution in [0.4, 0.5) is 4.39 Å². The van der Waals surface area contributed by atoms with Crippen LogP contribution < -0.4 is 9.47 Å². The molecule has 1 aliphatic heterocycles. The lowest BCUT2D eigenvalue weighted by atomic mass is 9.88. The third kappa shape index (κ3) is 4.08. The molecule has 1 N–H and O–H groups in total. The number of nitrogens with zero attached hydrogens (tertiary/aromatic N) is 3. The average molecular weight is 460 g/mol. The zero-order chi connectivity index (χ0) is 22.9. The minimum atomic E-state index is -1.28. The lowest BCUT2D eigenvalue weighted by Gasteiger charge is -2.27. The highest BCUT2D eigenvalue weighted by molar-refractivity contribution is 6.30. The predicted molar refractivity (Wildman–Crippen MR) is 118 cm³/mol. The third-order valence-corrected chi connectivity index (χ3v) is 6.08. The number of aliphatic hydroxyl groups is 1. The van der Waals surface area contributed by atoms with E-state index in [1.807, 2.05) is 0 Å². The maximum absolute atomic E-state index is 14.3. The molecule has 0 radical (unpaired) electrons. The predicted octanol–water partition coefficient (Wildman–Crippen LogP) is 3.95.